The summed E-state index contributed by atoms with van der Waals surface area (Å²) in [7, 11) is 0. The van der Waals surface area contributed by atoms with E-state index in [1.807, 2.05) is 0 Å². The summed E-state index contributed by atoms with van der Waals surface area (Å²) in [6, 6.07) is 1.36. The first-order valence-corrected chi connectivity index (χ1v) is 6.15. The molecule has 0 spiro atoms. The van der Waals surface area contributed by atoms with Crippen molar-refractivity contribution >= 4 is 5.97 Å². The van der Waals surface area contributed by atoms with E-state index in [9.17, 15) is 23.1 Å². The average molecular weight is 289 g/mol. The molecule has 0 saturated carbocycles. The fourth-order valence-electron chi connectivity index (χ4n) is 2.39. The van der Waals surface area contributed by atoms with Gasteiger partial charge < -0.3 is 10.2 Å². The van der Waals surface area contributed by atoms with E-state index in [0.717, 1.165) is 6.07 Å². The van der Waals surface area contributed by atoms with Gasteiger partial charge in [0.1, 0.15) is 5.82 Å². The minimum atomic E-state index is -1.26. The zero-order valence-electron chi connectivity index (χ0n) is 10.5. The molecule has 1 aromatic carbocycles. The Morgan fingerprint density at radius 3 is 2.65 bits per heavy atom. The number of nitrogens with zero attached hydrogens (tertiary/aromatic N) is 1. The number of piperidine rings is 1. The lowest BCUT2D eigenvalue weighted by molar-refractivity contribution is -0.148. The Kier molecular flexibility index (Phi) is 4.29. The van der Waals surface area contributed by atoms with Gasteiger partial charge >= 0.3 is 5.97 Å². The van der Waals surface area contributed by atoms with Crippen molar-refractivity contribution in [2.75, 3.05) is 13.1 Å². The molecule has 4 nitrogen and oxygen atoms in total. The smallest absolute Gasteiger partial charge is 0.309 e. The van der Waals surface area contributed by atoms with Crippen LogP contribution in [0, 0.1) is 23.4 Å². The van der Waals surface area contributed by atoms with Gasteiger partial charge in [-0.25, -0.2) is 13.2 Å². The maximum absolute atomic E-state index is 13.5. The van der Waals surface area contributed by atoms with Crippen molar-refractivity contribution in [2.24, 2.45) is 5.92 Å². The maximum Gasteiger partial charge on any atom is 0.309 e. The van der Waals surface area contributed by atoms with Crippen LogP contribution in [0.15, 0.2) is 12.1 Å². The molecule has 1 aromatic rings. The molecular formula is C13H14F3NO3. The Balaban J connectivity index is 2.07. The first-order chi connectivity index (χ1) is 9.38. The van der Waals surface area contributed by atoms with Crippen LogP contribution >= 0.6 is 0 Å². The molecule has 1 aliphatic rings. The molecule has 0 aliphatic carbocycles. The summed E-state index contributed by atoms with van der Waals surface area (Å²) in [6.07, 6.45) is -0.877. The molecule has 2 N–H and O–H groups in total. The zero-order chi connectivity index (χ0) is 14.9. The number of aliphatic hydroxyl groups is 1. The number of aliphatic carboxylic acids is 1. The summed E-state index contributed by atoms with van der Waals surface area (Å²) in [5.74, 6) is -5.21. The molecule has 0 aromatic heterocycles. The van der Waals surface area contributed by atoms with Crippen molar-refractivity contribution < 1.29 is 28.2 Å². The number of aliphatic hydroxyl groups excluding tert-OH is 1. The van der Waals surface area contributed by atoms with E-state index in [2.05, 4.69) is 0 Å². The molecule has 1 heterocycles. The lowest BCUT2D eigenvalue weighted by Gasteiger charge is -2.33. The highest BCUT2D eigenvalue weighted by molar-refractivity contribution is 5.70. The monoisotopic (exact) mass is 289 g/mol. The fraction of sp³-hybridized carbons (Fsp3) is 0.462. The van der Waals surface area contributed by atoms with Crippen molar-refractivity contribution in [3.8, 4) is 0 Å². The summed E-state index contributed by atoms with van der Waals surface area (Å²) in [6.45, 7) is 0.254. The predicted molar refractivity (Wildman–Crippen MR) is 63.3 cm³/mol. The molecule has 0 unspecified atom stereocenters. The van der Waals surface area contributed by atoms with Crippen LogP contribution in [-0.4, -0.2) is 40.3 Å². The molecule has 0 amide bonds. The van der Waals surface area contributed by atoms with Gasteiger partial charge in [-0.15, -0.1) is 0 Å². The van der Waals surface area contributed by atoms with Crippen LogP contribution in [0.5, 0.6) is 0 Å². The van der Waals surface area contributed by atoms with Gasteiger partial charge in [0.05, 0.1) is 12.0 Å². The number of hydrogen-bond donors (Lipinski definition) is 2. The van der Waals surface area contributed by atoms with Gasteiger partial charge in [-0.1, -0.05) is 0 Å². The number of carbonyl (C=O) groups is 1. The summed E-state index contributed by atoms with van der Waals surface area (Å²) in [5.41, 5.74) is -0.150. The third-order valence-electron chi connectivity index (χ3n) is 3.45. The topological polar surface area (TPSA) is 60.8 Å². The molecule has 20 heavy (non-hydrogen) atoms. The highest BCUT2D eigenvalue weighted by atomic mass is 19.2. The second kappa shape index (κ2) is 5.80. The van der Waals surface area contributed by atoms with E-state index in [1.54, 1.807) is 4.90 Å². The number of rotatable bonds is 3. The highest BCUT2D eigenvalue weighted by Gasteiger charge is 2.33. The zero-order valence-corrected chi connectivity index (χ0v) is 10.5. The number of β-amino-alcohol motifs (C(OH)–C–C–N with tert-alkyl or cyclic N) is 1. The van der Waals surface area contributed by atoms with Crippen molar-refractivity contribution in [2.45, 2.75) is 19.1 Å². The van der Waals surface area contributed by atoms with Crippen molar-refractivity contribution in [3.05, 3.63) is 35.1 Å². The van der Waals surface area contributed by atoms with Crippen molar-refractivity contribution in [1.29, 1.82) is 0 Å². The van der Waals surface area contributed by atoms with E-state index < -0.39 is 35.4 Å². The van der Waals surface area contributed by atoms with Crippen LogP contribution in [0.2, 0.25) is 0 Å². The SMILES string of the molecule is O=C(O)[C@H]1CCN(Cc2cc(F)cc(F)c2F)C[C@H]1O. The van der Waals surface area contributed by atoms with Crippen molar-refractivity contribution in [1.82, 2.24) is 4.90 Å². The predicted octanol–water partition coefficient (Wildman–Crippen LogP) is 1.37. The number of carboxylic acids is 1. The van der Waals surface area contributed by atoms with Gasteiger partial charge in [0.2, 0.25) is 0 Å². The fourth-order valence-corrected chi connectivity index (χ4v) is 2.39. The molecule has 1 saturated heterocycles. The second-order valence-electron chi connectivity index (χ2n) is 4.90. The van der Waals surface area contributed by atoms with Gasteiger partial charge in [-0.3, -0.25) is 9.69 Å². The standard InChI is InChI=1S/C13H14F3NO3/c14-8-3-7(12(16)10(15)4-8)5-17-2-1-9(13(19)20)11(18)6-17/h3-4,9,11,18H,1-2,5-6H2,(H,19,20)/t9-,11+/m0/s1. The molecule has 7 heteroatoms. The van der Waals surface area contributed by atoms with Crippen molar-refractivity contribution in [3.63, 3.8) is 0 Å². The first-order valence-electron chi connectivity index (χ1n) is 6.15. The lowest BCUT2D eigenvalue weighted by Crippen LogP contribution is -2.46. The minimum Gasteiger partial charge on any atom is -0.481 e. The third-order valence-corrected chi connectivity index (χ3v) is 3.45. The van der Waals surface area contributed by atoms with E-state index >= 15 is 0 Å². The van der Waals surface area contributed by atoms with E-state index in [4.69, 9.17) is 5.11 Å². The van der Waals surface area contributed by atoms with Gasteiger partial charge in [0.15, 0.2) is 11.6 Å². The summed E-state index contributed by atoms with van der Waals surface area (Å²) < 4.78 is 39.6. The number of carboxylic acid groups (broad SMARTS) is 1. The normalized spacial score (nSPS) is 23.8. The largest absolute Gasteiger partial charge is 0.481 e. The summed E-state index contributed by atoms with van der Waals surface area (Å²) >= 11 is 0. The van der Waals surface area contributed by atoms with Gasteiger partial charge in [-0.2, -0.15) is 0 Å². The van der Waals surface area contributed by atoms with Crippen LogP contribution in [-0.2, 0) is 11.3 Å². The Morgan fingerprint density at radius 2 is 2.05 bits per heavy atom. The molecule has 2 rings (SSSR count). The lowest BCUT2D eigenvalue weighted by atomic mass is 9.94. The number of hydrogen-bond acceptors (Lipinski definition) is 3. The van der Waals surface area contributed by atoms with Gasteiger partial charge in [0.25, 0.3) is 0 Å². The molecular weight excluding hydrogens is 275 g/mol. The Labute approximate surface area is 113 Å². The molecule has 2 atom stereocenters. The molecule has 1 fully saturated rings. The van der Waals surface area contributed by atoms with E-state index in [0.29, 0.717) is 12.6 Å². The van der Waals surface area contributed by atoms with E-state index in [-0.39, 0.29) is 25.1 Å². The Morgan fingerprint density at radius 1 is 1.35 bits per heavy atom. The molecule has 0 bridgehead atoms. The number of halogens is 3. The van der Waals surface area contributed by atoms with Crippen LogP contribution < -0.4 is 0 Å². The van der Waals surface area contributed by atoms with Crippen LogP contribution in [0.4, 0.5) is 13.2 Å². The second-order valence-corrected chi connectivity index (χ2v) is 4.90. The number of likely N-dealkylation sites (tertiary alicyclic amines) is 1. The maximum atomic E-state index is 13.5. The Hall–Kier alpha value is -1.60. The molecule has 110 valence electrons. The van der Waals surface area contributed by atoms with Gasteiger partial charge in [0, 0.05) is 24.7 Å². The first kappa shape index (κ1) is 14.8. The van der Waals surface area contributed by atoms with Gasteiger partial charge in [-0.05, 0) is 19.0 Å². The quantitative estimate of drug-likeness (QED) is 0.825. The molecule has 1 aliphatic heterocycles. The summed E-state index contributed by atoms with van der Waals surface area (Å²) in [5, 5.41) is 18.6. The Bertz CT molecular complexity index is 524. The number of benzene rings is 1. The third kappa shape index (κ3) is 3.10. The van der Waals surface area contributed by atoms with E-state index in [1.165, 1.54) is 0 Å². The van der Waals surface area contributed by atoms with Crippen LogP contribution in [0.25, 0.3) is 0 Å². The summed E-state index contributed by atoms with van der Waals surface area (Å²) in [4.78, 5) is 12.4. The van der Waals surface area contributed by atoms with Crippen LogP contribution in [0.1, 0.15) is 12.0 Å². The highest BCUT2D eigenvalue weighted by Crippen LogP contribution is 2.22. The minimum absolute atomic E-state index is 0.0224. The molecule has 0 radical (unpaired) electrons. The average Bonchev–Trinajstić information content (AvgIpc) is 2.35. The van der Waals surface area contributed by atoms with Crippen LogP contribution in [0.3, 0.4) is 0 Å².